The van der Waals surface area contributed by atoms with Crippen molar-refractivity contribution in [1.29, 1.82) is 0 Å². The lowest BCUT2D eigenvalue weighted by molar-refractivity contribution is -0.113. The first kappa shape index (κ1) is 20.5. The topological polar surface area (TPSA) is 90.5 Å². The molecule has 1 amide bonds. The lowest BCUT2D eigenvalue weighted by atomic mass is 10.1. The quantitative estimate of drug-likeness (QED) is 0.338. The number of carbonyl (C=O) groups is 1. The van der Waals surface area contributed by atoms with Gasteiger partial charge in [-0.1, -0.05) is 65.9 Å². The van der Waals surface area contributed by atoms with Crippen LogP contribution in [0.25, 0.3) is 16.9 Å². The van der Waals surface area contributed by atoms with E-state index in [4.69, 9.17) is 5.10 Å². The van der Waals surface area contributed by atoms with Crippen LogP contribution >= 0.6 is 11.8 Å². The number of rotatable bonds is 8. The van der Waals surface area contributed by atoms with Gasteiger partial charge in [-0.15, -0.1) is 11.7 Å². The van der Waals surface area contributed by atoms with Gasteiger partial charge in [0.25, 0.3) is 0 Å². The van der Waals surface area contributed by atoms with E-state index >= 15 is 0 Å². The van der Waals surface area contributed by atoms with E-state index in [1.807, 2.05) is 67.6 Å². The molecule has 0 spiro atoms. The Morgan fingerprint density at radius 3 is 2.68 bits per heavy atom. The number of thioether (sulfide) groups is 1. The maximum atomic E-state index is 12.7. The van der Waals surface area contributed by atoms with Crippen LogP contribution in [0, 0.1) is 6.92 Å². The van der Waals surface area contributed by atoms with E-state index in [2.05, 4.69) is 27.4 Å². The van der Waals surface area contributed by atoms with Gasteiger partial charge >= 0.3 is 0 Å². The number of tetrazole rings is 1. The van der Waals surface area contributed by atoms with E-state index in [0.717, 1.165) is 16.9 Å². The first-order chi connectivity index (χ1) is 15.1. The van der Waals surface area contributed by atoms with Gasteiger partial charge in [-0.25, -0.2) is 9.36 Å². The summed E-state index contributed by atoms with van der Waals surface area (Å²) in [5, 5.41) is 19.7. The van der Waals surface area contributed by atoms with Gasteiger partial charge in [-0.3, -0.25) is 4.79 Å². The summed E-state index contributed by atoms with van der Waals surface area (Å²) in [7, 11) is 0. The zero-order chi connectivity index (χ0) is 21.6. The highest BCUT2D eigenvalue weighted by atomic mass is 32.2. The summed E-state index contributed by atoms with van der Waals surface area (Å²) >= 11 is 1.26. The van der Waals surface area contributed by atoms with Crippen LogP contribution < -0.4 is 5.32 Å². The van der Waals surface area contributed by atoms with Crippen molar-refractivity contribution in [3.05, 3.63) is 78.9 Å². The molecule has 0 aliphatic rings. The standard InChI is InChI=1S/C22H21N7OS/c1-3-13-28-22(24-26-27-28)31-15-21(30)23-20-14-19(17-11-9-16(2)10-12-17)25-29(20)18-7-5-4-6-8-18/h3-12,14H,1,13,15H2,2H3,(H,23,30). The lowest BCUT2D eigenvalue weighted by Gasteiger charge is -2.08. The summed E-state index contributed by atoms with van der Waals surface area (Å²) < 4.78 is 3.33. The molecule has 1 N–H and O–H groups in total. The van der Waals surface area contributed by atoms with Crippen LogP contribution in [0.3, 0.4) is 0 Å². The third kappa shape index (κ3) is 4.89. The number of nitrogens with zero attached hydrogens (tertiary/aromatic N) is 6. The molecule has 0 fully saturated rings. The number of nitrogens with one attached hydrogen (secondary N) is 1. The van der Waals surface area contributed by atoms with Gasteiger partial charge in [0.15, 0.2) is 0 Å². The molecule has 2 aromatic heterocycles. The van der Waals surface area contributed by atoms with Gasteiger partial charge in [0.05, 0.1) is 23.7 Å². The Morgan fingerprint density at radius 2 is 1.94 bits per heavy atom. The fourth-order valence-corrected chi connectivity index (χ4v) is 3.63. The van der Waals surface area contributed by atoms with Crippen LogP contribution in [0.1, 0.15) is 5.56 Å². The van der Waals surface area contributed by atoms with Gasteiger partial charge in [0, 0.05) is 11.6 Å². The summed E-state index contributed by atoms with van der Waals surface area (Å²) in [4.78, 5) is 12.7. The molecule has 4 aromatic rings. The molecular weight excluding hydrogens is 410 g/mol. The molecule has 0 atom stereocenters. The summed E-state index contributed by atoms with van der Waals surface area (Å²) in [5.41, 5.74) is 3.80. The summed E-state index contributed by atoms with van der Waals surface area (Å²) in [5.74, 6) is 0.584. The van der Waals surface area contributed by atoms with Gasteiger partial charge in [0.2, 0.25) is 11.1 Å². The maximum absolute atomic E-state index is 12.7. The molecule has 0 saturated carbocycles. The van der Waals surface area contributed by atoms with Crippen LogP contribution in [0.4, 0.5) is 5.82 Å². The molecule has 4 rings (SSSR count). The predicted octanol–water partition coefficient (Wildman–Crippen LogP) is 3.75. The number of carbonyl (C=O) groups excluding carboxylic acids is 1. The Hall–Kier alpha value is -3.72. The fourth-order valence-electron chi connectivity index (χ4n) is 2.95. The minimum Gasteiger partial charge on any atom is -0.310 e. The molecule has 9 heteroatoms. The summed E-state index contributed by atoms with van der Waals surface area (Å²) in [6.07, 6.45) is 1.70. The monoisotopic (exact) mass is 431 g/mol. The molecule has 0 bridgehead atoms. The second-order valence-electron chi connectivity index (χ2n) is 6.80. The van der Waals surface area contributed by atoms with Crippen molar-refractivity contribution in [2.75, 3.05) is 11.1 Å². The molecule has 2 aromatic carbocycles. The highest BCUT2D eigenvalue weighted by molar-refractivity contribution is 7.99. The van der Waals surface area contributed by atoms with Gasteiger partial charge in [-0.2, -0.15) is 5.10 Å². The van der Waals surface area contributed by atoms with E-state index in [1.165, 1.54) is 17.3 Å². The van der Waals surface area contributed by atoms with Crippen molar-refractivity contribution < 1.29 is 4.79 Å². The van der Waals surface area contributed by atoms with Crippen LogP contribution in [-0.4, -0.2) is 41.6 Å². The number of amides is 1. The van der Waals surface area contributed by atoms with Crippen molar-refractivity contribution >= 4 is 23.5 Å². The highest BCUT2D eigenvalue weighted by Crippen LogP contribution is 2.25. The summed E-state index contributed by atoms with van der Waals surface area (Å²) in [6, 6.07) is 19.7. The van der Waals surface area contributed by atoms with Gasteiger partial charge in [0.1, 0.15) is 5.82 Å². The van der Waals surface area contributed by atoms with E-state index in [9.17, 15) is 4.79 Å². The van der Waals surface area contributed by atoms with Crippen molar-refractivity contribution in [3.8, 4) is 16.9 Å². The fraction of sp³-hybridized carbons (Fsp3) is 0.136. The maximum Gasteiger partial charge on any atom is 0.236 e. The van der Waals surface area contributed by atoms with Gasteiger partial charge in [-0.05, 0) is 29.5 Å². The number of hydrogen-bond acceptors (Lipinski definition) is 6. The van der Waals surface area contributed by atoms with Crippen molar-refractivity contribution in [2.45, 2.75) is 18.6 Å². The number of hydrogen-bond donors (Lipinski definition) is 1. The second-order valence-corrected chi connectivity index (χ2v) is 7.74. The zero-order valence-corrected chi connectivity index (χ0v) is 17.8. The first-order valence-electron chi connectivity index (χ1n) is 9.66. The molecule has 0 unspecified atom stereocenters. The molecule has 0 saturated heterocycles. The van der Waals surface area contributed by atoms with Crippen LogP contribution in [0.5, 0.6) is 0 Å². The number of aryl methyl sites for hydroxylation is 1. The molecule has 0 aliphatic heterocycles. The molecule has 8 nitrogen and oxygen atoms in total. The molecular formula is C22H21N7OS. The van der Waals surface area contributed by atoms with E-state index in [-0.39, 0.29) is 11.7 Å². The van der Waals surface area contributed by atoms with Crippen LogP contribution in [0.2, 0.25) is 0 Å². The number of aromatic nitrogens is 6. The second kappa shape index (κ2) is 9.40. The van der Waals surface area contributed by atoms with Crippen molar-refractivity contribution in [3.63, 3.8) is 0 Å². The first-order valence-corrected chi connectivity index (χ1v) is 10.6. The SMILES string of the molecule is C=CCn1nnnc1SCC(=O)Nc1cc(-c2ccc(C)cc2)nn1-c1ccccc1. The lowest BCUT2D eigenvalue weighted by Crippen LogP contribution is -2.17. The smallest absolute Gasteiger partial charge is 0.236 e. The Kier molecular flexibility index (Phi) is 6.23. The highest BCUT2D eigenvalue weighted by Gasteiger charge is 2.15. The Morgan fingerprint density at radius 1 is 1.16 bits per heavy atom. The average Bonchev–Trinajstić information content (AvgIpc) is 3.41. The number of allylic oxidation sites excluding steroid dienone is 1. The molecule has 0 radical (unpaired) electrons. The van der Waals surface area contributed by atoms with Gasteiger partial charge < -0.3 is 5.32 Å². The van der Waals surface area contributed by atoms with Crippen molar-refractivity contribution in [2.24, 2.45) is 0 Å². The minimum absolute atomic E-state index is 0.164. The number of para-hydroxylation sites is 1. The average molecular weight is 432 g/mol. The largest absolute Gasteiger partial charge is 0.310 e. The van der Waals surface area contributed by atoms with Crippen LogP contribution in [-0.2, 0) is 11.3 Å². The summed E-state index contributed by atoms with van der Waals surface area (Å²) in [6.45, 7) is 6.21. The molecule has 2 heterocycles. The third-order valence-electron chi connectivity index (χ3n) is 4.46. The third-order valence-corrected chi connectivity index (χ3v) is 5.42. The minimum atomic E-state index is -0.175. The predicted molar refractivity (Wildman–Crippen MR) is 121 cm³/mol. The normalized spacial score (nSPS) is 10.7. The molecule has 31 heavy (non-hydrogen) atoms. The molecule has 0 aliphatic carbocycles. The van der Waals surface area contributed by atoms with E-state index in [0.29, 0.717) is 17.5 Å². The Labute approximate surface area is 184 Å². The van der Waals surface area contributed by atoms with Crippen molar-refractivity contribution in [1.82, 2.24) is 30.0 Å². The number of benzene rings is 2. The Bertz CT molecular complexity index is 1180. The Balaban J connectivity index is 1.56. The zero-order valence-electron chi connectivity index (χ0n) is 17.0. The van der Waals surface area contributed by atoms with Crippen LogP contribution in [0.15, 0.2) is 78.5 Å². The number of anilines is 1. The van der Waals surface area contributed by atoms with E-state index < -0.39 is 0 Å². The van der Waals surface area contributed by atoms with E-state index in [1.54, 1.807) is 15.4 Å². The molecule has 156 valence electrons.